The molecule has 1 aliphatic heterocycles. The van der Waals surface area contributed by atoms with Crippen LogP contribution in [0.25, 0.3) is 0 Å². The molecule has 30 heavy (non-hydrogen) atoms. The fraction of sp³-hybridized carbons (Fsp3) is 0.500. The number of aromatic nitrogens is 2. The van der Waals surface area contributed by atoms with Gasteiger partial charge in [0.1, 0.15) is 0 Å². The fourth-order valence-corrected chi connectivity index (χ4v) is 4.06. The van der Waals surface area contributed by atoms with Crippen molar-refractivity contribution in [2.75, 3.05) is 6.61 Å². The molecular weight excluding hydrogens is 411 g/mol. The van der Waals surface area contributed by atoms with Gasteiger partial charge in [-0.1, -0.05) is 18.2 Å². The van der Waals surface area contributed by atoms with E-state index in [1.807, 2.05) is 0 Å². The van der Waals surface area contributed by atoms with Crippen LogP contribution in [0.3, 0.4) is 0 Å². The van der Waals surface area contributed by atoms with Crippen molar-refractivity contribution >= 4 is 5.97 Å². The molecule has 1 saturated heterocycles. The number of fused-ring (bicyclic) bond motifs is 1. The van der Waals surface area contributed by atoms with Crippen molar-refractivity contribution in [2.45, 2.75) is 56.5 Å². The van der Waals surface area contributed by atoms with Gasteiger partial charge in [-0.2, -0.15) is 18.3 Å². The van der Waals surface area contributed by atoms with E-state index < -0.39 is 47.9 Å². The van der Waals surface area contributed by atoms with E-state index in [1.165, 1.54) is 24.3 Å². The van der Waals surface area contributed by atoms with Crippen molar-refractivity contribution in [3.05, 3.63) is 52.8 Å². The lowest BCUT2D eigenvalue weighted by atomic mass is 10.0. The molecule has 1 aliphatic carbocycles. The van der Waals surface area contributed by atoms with E-state index in [9.17, 15) is 26.7 Å². The van der Waals surface area contributed by atoms with E-state index in [2.05, 4.69) is 5.10 Å². The molecule has 2 aromatic rings. The van der Waals surface area contributed by atoms with Gasteiger partial charge in [0.25, 0.3) is 5.92 Å². The Balaban J connectivity index is 1.76. The quantitative estimate of drug-likeness (QED) is 0.522. The van der Waals surface area contributed by atoms with Crippen molar-refractivity contribution in [3.63, 3.8) is 0 Å². The van der Waals surface area contributed by atoms with Gasteiger partial charge in [-0.3, -0.25) is 4.68 Å². The van der Waals surface area contributed by atoms with Crippen LogP contribution in [0, 0.1) is 0 Å². The Bertz CT molecular complexity index is 942. The maximum atomic E-state index is 14.8. The molecule has 2 heterocycles. The molecule has 0 N–H and O–H groups in total. The molecule has 0 radical (unpaired) electrons. The number of hydrogen-bond acceptors (Lipinski definition) is 4. The summed E-state index contributed by atoms with van der Waals surface area (Å²) in [6, 6.07) is 6.79. The molecule has 10 heteroatoms. The highest BCUT2D eigenvalue weighted by Gasteiger charge is 2.57. The lowest BCUT2D eigenvalue weighted by molar-refractivity contribution is -0.147. The molecule has 1 aromatic heterocycles. The number of rotatable bonds is 3. The van der Waals surface area contributed by atoms with Crippen molar-refractivity contribution in [1.29, 1.82) is 0 Å². The Hall–Kier alpha value is -2.49. The summed E-state index contributed by atoms with van der Waals surface area (Å²) in [6.45, 7) is 2.06. The number of halogens is 5. The zero-order valence-electron chi connectivity index (χ0n) is 16.0. The average molecular weight is 430 g/mol. The van der Waals surface area contributed by atoms with Gasteiger partial charge in [-0.25, -0.2) is 13.6 Å². The van der Waals surface area contributed by atoms with Crippen LogP contribution in [-0.4, -0.2) is 34.4 Å². The van der Waals surface area contributed by atoms with Gasteiger partial charge < -0.3 is 9.47 Å². The van der Waals surface area contributed by atoms with Crippen molar-refractivity contribution in [1.82, 2.24) is 9.78 Å². The predicted octanol–water partition coefficient (Wildman–Crippen LogP) is 4.73. The third-order valence-corrected chi connectivity index (χ3v) is 5.41. The third-order valence-electron chi connectivity index (χ3n) is 5.41. The molecule has 4 rings (SSSR count). The van der Waals surface area contributed by atoms with Crippen LogP contribution in [0.15, 0.2) is 30.3 Å². The van der Waals surface area contributed by atoms with E-state index in [0.717, 1.165) is 4.68 Å². The molecule has 1 aromatic carbocycles. The second-order valence-corrected chi connectivity index (χ2v) is 7.60. The Morgan fingerprint density at radius 3 is 2.60 bits per heavy atom. The molecule has 3 atom stereocenters. The lowest BCUT2D eigenvalue weighted by Gasteiger charge is -2.28. The maximum Gasteiger partial charge on any atom is 0.435 e. The summed E-state index contributed by atoms with van der Waals surface area (Å²) in [5.41, 5.74) is -2.45. The highest BCUT2D eigenvalue weighted by Crippen LogP contribution is 2.51. The Morgan fingerprint density at radius 2 is 1.97 bits per heavy atom. The minimum Gasteiger partial charge on any atom is -0.447 e. The molecule has 0 saturated carbocycles. The maximum absolute atomic E-state index is 14.8. The molecule has 1 fully saturated rings. The van der Waals surface area contributed by atoms with Crippen LogP contribution >= 0.6 is 0 Å². The molecule has 0 spiro atoms. The SMILES string of the molecule is C[C@H]1C[C@H](n2nc(C(F)(F)F)c3c2CC(F)(F)[C@H]3OC(=O)c2ccccc2)CCO1. The molecule has 2 aliphatic rings. The summed E-state index contributed by atoms with van der Waals surface area (Å²) in [5.74, 6) is -4.80. The summed E-state index contributed by atoms with van der Waals surface area (Å²) in [6.07, 6.45) is -7.83. The first kappa shape index (κ1) is 20.8. The minimum absolute atomic E-state index is 0.0269. The zero-order chi connectivity index (χ0) is 21.7. The van der Waals surface area contributed by atoms with Crippen LogP contribution in [0.4, 0.5) is 22.0 Å². The first-order valence-electron chi connectivity index (χ1n) is 9.52. The summed E-state index contributed by atoms with van der Waals surface area (Å²) in [4.78, 5) is 12.3. The molecule has 0 amide bonds. The monoisotopic (exact) mass is 430 g/mol. The fourth-order valence-electron chi connectivity index (χ4n) is 4.06. The number of ether oxygens (including phenoxy) is 2. The smallest absolute Gasteiger partial charge is 0.435 e. The second kappa shape index (κ2) is 7.33. The number of carbonyl (C=O) groups is 1. The van der Waals surface area contributed by atoms with Gasteiger partial charge in [0.05, 0.1) is 35.4 Å². The Kier molecular flexibility index (Phi) is 5.08. The zero-order valence-corrected chi connectivity index (χ0v) is 16.0. The summed E-state index contributed by atoms with van der Waals surface area (Å²) in [7, 11) is 0. The van der Waals surface area contributed by atoms with E-state index >= 15 is 0 Å². The number of esters is 1. The van der Waals surface area contributed by atoms with Crippen LogP contribution in [0.5, 0.6) is 0 Å². The highest BCUT2D eigenvalue weighted by molar-refractivity contribution is 5.89. The van der Waals surface area contributed by atoms with Crippen molar-refractivity contribution < 1.29 is 36.2 Å². The number of nitrogens with zero attached hydrogens (tertiary/aromatic N) is 2. The van der Waals surface area contributed by atoms with Crippen LogP contribution in [-0.2, 0) is 22.1 Å². The topological polar surface area (TPSA) is 53.4 Å². The normalized spacial score (nSPS) is 25.7. The first-order chi connectivity index (χ1) is 14.1. The van der Waals surface area contributed by atoms with Crippen LogP contribution < -0.4 is 0 Å². The Labute approximate surface area is 168 Å². The van der Waals surface area contributed by atoms with E-state index in [-0.39, 0.29) is 17.4 Å². The molecule has 0 bridgehead atoms. The molecular formula is C20H19F5N2O3. The van der Waals surface area contributed by atoms with Crippen molar-refractivity contribution in [2.24, 2.45) is 0 Å². The predicted molar refractivity (Wildman–Crippen MR) is 94.2 cm³/mol. The van der Waals surface area contributed by atoms with Crippen molar-refractivity contribution in [3.8, 4) is 0 Å². The standard InChI is InChI=1S/C20H19F5N2O3/c1-11-9-13(7-8-29-11)27-14-10-19(21,22)17(15(14)16(26-27)20(23,24)25)30-18(28)12-5-3-2-4-6-12/h2-6,11,13,17H,7-10H2,1H3/t11-,13+,17-/m0/s1. The highest BCUT2D eigenvalue weighted by atomic mass is 19.4. The van der Waals surface area contributed by atoms with E-state index in [0.29, 0.717) is 19.4 Å². The summed E-state index contributed by atoms with van der Waals surface area (Å²) < 4.78 is 82.1. The van der Waals surface area contributed by atoms with Crippen LogP contribution in [0.1, 0.15) is 59.2 Å². The molecule has 5 nitrogen and oxygen atoms in total. The number of alkyl halides is 5. The number of hydrogen-bond donors (Lipinski definition) is 0. The van der Waals surface area contributed by atoms with Gasteiger partial charge in [0.2, 0.25) is 0 Å². The lowest BCUT2D eigenvalue weighted by Crippen LogP contribution is -2.30. The number of benzene rings is 1. The number of carbonyl (C=O) groups excluding carboxylic acids is 1. The van der Waals surface area contributed by atoms with Gasteiger partial charge in [-0.15, -0.1) is 0 Å². The van der Waals surface area contributed by atoms with Gasteiger partial charge in [0, 0.05) is 6.61 Å². The first-order valence-corrected chi connectivity index (χ1v) is 9.52. The molecule has 0 unspecified atom stereocenters. The minimum atomic E-state index is -4.97. The second-order valence-electron chi connectivity index (χ2n) is 7.60. The summed E-state index contributed by atoms with van der Waals surface area (Å²) >= 11 is 0. The Morgan fingerprint density at radius 1 is 1.27 bits per heavy atom. The van der Waals surface area contributed by atoms with Gasteiger partial charge in [0.15, 0.2) is 11.8 Å². The molecule has 162 valence electrons. The van der Waals surface area contributed by atoms with E-state index in [4.69, 9.17) is 9.47 Å². The van der Waals surface area contributed by atoms with Gasteiger partial charge in [-0.05, 0) is 31.9 Å². The van der Waals surface area contributed by atoms with E-state index in [1.54, 1.807) is 13.0 Å². The van der Waals surface area contributed by atoms with Crippen LogP contribution in [0.2, 0.25) is 0 Å². The third kappa shape index (κ3) is 3.68. The average Bonchev–Trinajstić information content (AvgIpc) is 3.16. The van der Waals surface area contributed by atoms with Gasteiger partial charge >= 0.3 is 12.1 Å². The summed E-state index contributed by atoms with van der Waals surface area (Å²) in [5, 5.41) is 3.67. The largest absolute Gasteiger partial charge is 0.447 e.